The summed E-state index contributed by atoms with van der Waals surface area (Å²) < 4.78 is 122. The third-order valence-electron chi connectivity index (χ3n) is 20.5. The molecule has 0 bridgehead atoms. The zero-order valence-corrected chi connectivity index (χ0v) is 56.4. The minimum absolute atomic E-state index is 0.122. The highest BCUT2D eigenvalue weighted by Crippen LogP contribution is 2.54. The summed E-state index contributed by atoms with van der Waals surface area (Å²) in [5.41, 5.74) is 13.8. The smallest absolute Gasteiger partial charge is 0.252 e. The molecule has 0 aliphatic carbocycles. The topological polar surface area (TPSA) is 16.2 Å². The highest BCUT2D eigenvalue weighted by Gasteiger charge is 2.49. The molecular formula is C90H54B2F7N5S. The molecule has 500 valence electrons. The van der Waals surface area contributed by atoms with Crippen LogP contribution in [-0.2, 0) is 0 Å². The molecule has 0 N–H and O–H groups in total. The Kier molecular flexibility index (Phi) is 15.3. The Bertz CT molecular complexity index is 5940. The average Bonchev–Trinajstić information content (AvgIpc) is 0.688. The normalized spacial score (nSPS) is 12.8. The van der Waals surface area contributed by atoms with Crippen molar-refractivity contribution in [2.45, 2.75) is 9.79 Å². The number of para-hydroxylation sites is 7. The van der Waals surface area contributed by atoms with Crippen LogP contribution in [0.3, 0.4) is 0 Å². The zero-order valence-electron chi connectivity index (χ0n) is 55.6. The second kappa shape index (κ2) is 25.4. The van der Waals surface area contributed by atoms with Crippen molar-refractivity contribution in [1.29, 1.82) is 0 Å². The van der Waals surface area contributed by atoms with Gasteiger partial charge in [-0.25, -0.2) is 30.7 Å². The maximum atomic E-state index is 18.6. The van der Waals surface area contributed by atoms with Gasteiger partial charge in [-0.05, 0) is 176 Å². The van der Waals surface area contributed by atoms with Gasteiger partial charge in [0.15, 0.2) is 0 Å². The predicted molar refractivity (Wildman–Crippen MR) is 416 cm³/mol. The Labute approximate surface area is 606 Å². The molecule has 15 heteroatoms. The summed E-state index contributed by atoms with van der Waals surface area (Å²) in [5.74, 6) is -5.70. The van der Waals surface area contributed by atoms with E-state index in [2.05, 4.69) is 89.8 Å². The van der Waals surface area contributed by atoms with Gasteiger partial charge in [0, 0.05) is 72.2 Å². The van der Waals surface area contributed by atoms with Crippen molar-refractivity contribution in [3.05, 3.63) is 368 Å². The first-order valence-corrected chi connectivity index (χ1v) is 35.3. The lowest BCUT2D eigenvalue weighted by Crippen LogP contribution is -2.64. The largest absolute Gasteiger partial charge is 0.310 e. The summed E-state index contributed by atoms with van der Waals surface area (Å²) in [6.07, 6.45) is 0. The highest BCUT2D eigenvalue weighted by molar-refractivity contribution is 8.00. The van der Waals surface area contributed by atoms with E-state index in [1.165, 1.54) is 82.2 Å². The molecule has 0 spiro atoms. The van der Waals surface area contributed by atoms with E-state index >= 15 is 30.7 Å². The van der Waals surface area contributed by atoms with Crippen molar-refractivity contribution >= 4 is 143 Å². The fraction of sp³-hybridized carbons (Fsp3) is 0. The highest BCUT2D eigenvalue weighted by atomic mass is 32.2. The fourth-order valence-corrected chi connectivity index (χ4v) is 17.3. The van der Waals surface area contributed by atoms with E-state index in [9.17, 15) is 0 Å². The number of anilines is 15. The lowest BCUT2D eigenvalue weighted by molar-refractivity contribution is 0.585. The molecule has 15 aromatic rings. The number of nitrogens with zero attached hydrogens (tertiary/aromatic N) is 5. The van der Waals surface area contributed by atoms with Gasteiger partial charge in [-0.3, -0.25) is 0 Å². The van der Waals surface area contributed by atoms with Gasteiger partial charge in [0.2, 0.25) is 6.71 Å². The fourth-order valence-electron chi connectivity index (χ4n) is 16.1. The van der Waals surface area contributed by atoms with Crippen LogP contribution in [0.1, 0.15) is 0 Å². The minimum Gasteiger partial charge on any atom is -0.310 e. The molecule has 0 amide bonds. The number of rotatable bonds is 12. The van der Waals surface area contributed by atoms with Crippen LogP contribution in [0.15, 0.2) is 337 Å². The molecule has 0 atom stereocenters. The van der Waals surface area contributed by atoms with Crippen molar-refractivity contribution in [3.63, 3.8) is 0 Å². The predicted octanol–water partition coefficient (Wildman–Crippen LogP) is 21.4. The molecule has 4 heterocycles. The zero-order chi connectivity index (χ0) is 70.7. The van der Waals surface area contributed by atoms with Crippen molar-refractivity contribution in [2.24, 2.45) is 0 Å². The number of hydrogen-bond acceptors (Lipinski definition) is 6. The summed E-state index contributed by atoms with van der Waals surface area (Å²) in [6.45, 7) is -1.43. The van der Waals surface area contributed by atoms with Gasteiger partial charge >= 0.3 is 0 Å². The Balaban J connectivity index is 0.914. The standard InChI is InChI=1S/C90H54B2F7N5S/c93-70-35-18-32-65(58-26-9-3-10-27-58)87(70)104-79-54-83-69(53-68(79)91-66-33-13-15-42-77(66)102(89-73(96)38-20-39-74(89)97)80-49-63(50-81(104)85(80)91)101(60-29-11-4-12-30-60)88-71(94)36-19-37-72(88)95)92-67-34-14-16-43-78(67)103(90-75(98)40-21-41-76(90)99)82-51-64(52-84(105-83)86(82)92)100(61-46-44-57(45-47-61)55-22-5-1-6-23-55)62-31-17-28-59(48-62)56-24-7-2-8-25-56/h1-54H. The molecule has 4 aliphatic rings. The molecule has 0 unspecified atom stereocenters. The third kappa shape index (κ3) is 10.3. The van der Waals surface area contributed by atoms with E-state index in [4.69, 9.17) is 0 Å². The molecule has 0 saturated carbocycles. The number of benzene rings is 15. The molecular weight excluding hydrogens is 1340 g/mol. The van der Waals surface area contributed by atoms with Crippen LogP contribution < -0.4 is 57.3 Å². The molecule has 5 nitrogen and oxygen atoms in total. The first-order chi connectivity index (χ1) is 51.5. The molecule has 0 saturated heterocycles. The molecule has 15 aromatic carbocycles. The summed E-state index contributed by atoms with van der Waals surface area (Å²) in [7, 11) is 0. The summed E-state index contributed by atoms with van der Waals surface area (Å²) >= 11 is 1.48. The Morgan fingerprint density at radius 3 is 1.22 bits per heavy atom. The lowest BCUT2D eigenvalue weighted by Gasteiger charge is -2.46. The maximum Gasteiger partial charge on any atom is 0.252 e. The van der Waals surface area contributed by atoms with Gasteiger partial charge in [0.1, 0.15) is 57.8 Å². The first kappa shape index (κ1) is 63.2. The van der Waals surface area contributed by atoms with E-state index in [0.29, 0.717) is 67.3 Å². The van der Waals surface area contributed by atoms with E-state index in [1.807, 2.05) is 126 Å². The number of halogens is 7. The molecule has 19 rings (SSSR count). The Hall–Kier alpha value is -12.7. The van der Waals surface area contributed by atoms with Crippen LogP contribution >= 0.6 is 11.8 Å². The van der Waals surface area contributed by atoms with Gasteiger partial charge < -0.3 is 24.5 Å². The van der Waals surface area contributed by atoms with Gasteiger partial charge in [0.05, 0.1) is 11.4 Å². The van der Waals surface area contributed by atoms with Gasteiger partial charge in [-0.2, -0.15) is 0 Å². The third-order valence-corrected chi connectivity index (χ3v) is 21.6. The van der Waals surface area contributed by atoms with Crippen LogP contribution in [0.25, 0.3) is 33.4 Å². The maximum absolute atomic E-state index is 18.6. The van der Waals surface area contributed by atoms with E-state index in [-0.39, 0.29) is 22.7 Å². The second-order valence-electron chi connectivity index (χ2n) is 26.4. The first-order valence-electron chi connectivity index (χ1n) is 34.4. The summed E-state index contributed by atoms with van der Waals surface area (Å²) in [5, 5.41) is 0. The quantitative estimate of drug-likeness (QED) is 0.0889. The SMILES string of the molecule is Fc1cccc(F)c1N(c1ccccc1)c1cc2c3c(c1)N(c1c(F)cccc1-c1ccccc1)c1cc4c(cc1B3c1ccccc1N2c1c(F)cccc1F)B1c2ccccc2N(c2c(F)cccc2F)c2cc(N(c3ccc(-c5ccccc5)cc3)c3cccc(-c5ccccc5)c3)cc(c21)S4. The van der Waals surface area contributed by atoms with Crippen LogP contribution in [0.2, 0.25) is 0 Å². The molecule has 0 aromatic heterocycles. The summed E-state index contributed by atoms with van der Waals surface area (Å²) in [4.78, 5) is 10.3. The van der Waals surface area contributed by atoms with E-state index in [1.54, 1.807) is 65.6 Å². The number of hydrogen-bond donors (Lipinski definition) is 0. The Morgan fingerprint density at radius 1 is 0.238 bits per heavy atom. The van der Waals surface area contributed by atoms with Crippen LogP contribution in [-0.4, -0.2) is 13.4 Å². The van der Waals surface area contributed by atoms with E-state index < -0.39 is 65.5 Å². The van der Waals surface area contributed by atoms with Crippen LogP contribution in [0.5, 0.6) is 0 Å². The van der Waals surface area contributed by atoms with Gasteiger partial charge in [0.25, 0.3) is 6.71 Å². The van der Waals surface area contributed by atoms with Crippen molar-refractivity contribution in [2.75, 3.05) is 24.5 Å². The van der Waals surface area contributed by atoms with Crippen molar-refractivity contribution in [3.8, 4) is 33.4 Å². The average molecular weight is 1390 g/mol. The molecule has 0 radical (unpaired) electrons. The van der Waals surface area contributed by atoms with Gasteiger partial charge in [-0.15, -0.1) is 0 Å². The van der Waals surface area contributed by atoms with Crippen LogP contribution in [0, 0.1) is 40.7 Å². The van der Waals surface area contributed by atoms with Crippen LogP contribution in [0.4, 0.5) is 116 Å². The number of fused-ring (bicyclic) bond motifs is 8. The lowest BCUT2D eigenvalue weighted by atomic mass is 9.31. The molecule has 0 fully saturated rings. The molecule has 4 aliphatic heterocycles. The monoisotopic (exact) mass is 1390 g/mol. The second-order valence-corrected chi connectivity index (χ2v) is 27.4. The minimum atomic E-state index is -0.889. The van der Waals surface area contributed by atoms with Crippen molar-refractivity contribution < 1.29 is 30.7 Å². The Morgan fingerprint density at radius 2 is 0.648 bits per heavy atom. The molecule has 105 heavy (non-hydrogen) atoms. The summed E-state index contributed by atoms with van der Waals surface area (Å²) in [6, 6.07) is 98.3. The van der Waals surface area contributed by atoms with Crippen molar-refractivity contribution in [1.82, 2.24) is 0 Å². The van der Waals surface area contributed by atoms with Gasteiger partial charge in [-0.1, -0.05) is 223 Å². The van der Waals surface area contributed by atoms with E-state index in [0.717, 1.165) is 59.8 Å².